The second kappa shape index (κ2) is 7.84. The number of ether oxygens (including phenoxy) is 1. The summed E-state index contributed by atoms with van der Waals surface area (Å²) in [4.78, 5) is 8.32. The van der Waals surface area contributed by atoms with E-state index in [-0.39, 0.29) is 16.5 Å². The third kappa shape index (κ3) is 4.89. The molecule has 0 radical (unpaired) electrons. The van der Waals surface area contributed by atoms with E-state index in [0.29, 0.717) is 12.4 Å². The van der Waals surface area contributed by atoms with Crippen LogP contribution < -0.4 is 10.1 Å². The molecule has 0 aliphatic carbocycles. The van der Waals surface area contributed by atoms with E-state index >= 15 is 0 Å². The van der Waals surface area contributed by atoms with Gasteiger partial charge in [-0.05, 0) is 29.8 Å². The second-order valence-corrected chi connectivity index (χ2v) is 6.07. The van der Waals surface area contributed by atoms with Gasteiger partial charge in [-0.15, -0.1) is 0 Å². The lowest BCUT2D eigenvalue weighted by Crippen LogP contribution is -2.06. The first-order valence-electron chi connectivity index (χ1n) is 7.94. The van der Waals surface area contributed by atoms with E-state index < -0.39 is 11.7 Å². The Morgan fingerprint density at radius 2 is 1.81 bits per heavy atom. The standard InChI is InChI=1S/C19H15ClF3N3O/c1-27-15-7-2-4-12(8-15)11-24-17-10-16(20)25-18(26-17)13-5-3-6-14(9-13)19(21,22)23/h2-10H,11H2,1H3,(H,24,25,26). The van der Waals surface area contributed by atoms with Crippen molar-refractivity contribution in [3.8, 4) is 17.1 Å². The Morgan fingerprint density at radius 1 is 1.04 bits per heavy atom. The van der Waals surface area contributed by atoms with Gasteiger partial charge in [0.25, 0.3) is 0 Å². The van der Waals surface area contributed by atoms with Crippen LogP contribution in [0.5, 0.6) is 5.75 Å². The number of hydrogen-bond acceptors (Lipinski definition) is 4. The van der Waals surface area contributed by atoms with Crippen LogP contribution in [0.15, 0.2) is 54.6 Å². The molecule has 0 atom stereocenters. The third-order valence-corrected chi connectivity index (χ3v) is 3.94. The van der Waals surface area contributed by atoms with Crippen molar-refractivity contribution in [3.05, 3.63) is 70.9 Å². The first kappa shape index (κ1) is 19.0. The highest BCUT2D eigenvalue weighted by atomic mass is 35.5. The average molecular weight is 394 g/mol. The van der Waals surface area contributed by atoms with Crippen molar-refractivity contribution in [1.29, 1.82) is 0 Å². The molecular formula is C19H15ClF3N3O. The Bertz CT molecular complexity index is 947. The predicted molar refractivity (Wildman–Crippen MR) is 97.8 cm³/mol. The first-order valence-corrected chi connectivity index (χ1v) is 8.32. The number of benzene rings is 2. The fourth-order valence-electron chi connectivity index (χ4n) is 2.45. The molecule has 0 spiro atoms. The van der Waals surface area contributed by atoms with E-state index in [1.807, 2.05) is 24.3 Å². The van der Waals surface area contributed by atoms with Crippen LogP contribution in [0.2, 0.25) is 5.15 Å². The SMILES string of the molecule is COc1cccc(CNc2cc(Cl)nc(-c3cccc(C(F)(F)F)c3)n2)c1. The Kier molecular flexibility index (Phi) is 5.51. The van der Waals surface area contributed by atoms with Crippen LogP contribution >= 0.6 is 11.6 Å². The summed E-state index contributed by atoms with van der Waals surface area (Å²) in [5.74, 6) is 1.24. The van der Waals surface area contributed by atoms with E-state index in [2.05, 4.69) is 15.3 Å². The topological polar surface area (TPSA) is 47.0 Å². The van der Waals surface area contributed by atoms with Crippen molar-refractivity contribution in [3.63, 3.8) is 0 Å². The molecule has 0 aliphatic heterocycles. The molecule has 0 saturated heterocycles. The summed E-state index contributed by atoms with van der Waals surface area (Å²) >= 11 is 6.03. The molecule has 1 heterocycles. The molecule has 4 nitrogen and oxygen atoms in total. The summed E-state index contributed by atoms with van der Waals surface area (Å²) in [5, 5.41) is 3.22. The fraction of sp³-hybridized carbons (Fsp3) is 0.158. The van der Waals surface area contributed by atoms with Crippen molar-refractivity contribution in [2.75, 3.05) is 12.4 Å². The van der Waals surface area contributed by atoms with Crippen molar-refractivity contribution >= 4 is 17.4 Å². The van der Waals surface area contributed by atoms with Crippen molar-refractivity contribution in [2.24, 2.45) is 0 Å². The molecule has 2 aromatic carbocycles. The third-order valence-electron chi connectivity index (χ3n) is 3.75. The number of alkyl halides is 3. The minimum absolute atomic E-state index is 0.113. The molecule has 1 aromatic heterocycles. The number of nitrogens with zero attached hydrogens (tertiary/aromatic N) is 2. The Hall–Kier alpha value is -2.80. The van der Waals surface area contributed by atoms with E-state index in [4.69, 9.17) is 16.3 Å². The monoisotopic (exact) mass is 393 g/mol. The van der Waals surface area contributed by atoms with Gasteiger partial charge in [0, 0.05) is 18.2 Å². The molecule has 3 aromatic rings. The highest BCUT2D eigenvalue weighted by Gasteiger charge is 2.30. The fourth-order valence-corrected chi connectivity index (χ4v) is 2.63. The van der Waals surface area contributed by atoms with Crippen LogP contribution in [-0.2, 0) is 12.7 Å². The van der Waals surface area contributed by atoms with E-state index in [9.17, 15) is 13.2 Å². The van der Waals surface area contributed by atoms with E-state index in [0.717, 1.165) is 23.4 Å². The number of anilines is 1. The summed E-state index contributed by atoms with van der Waals surface area (Å²) in [7, 11) is 1.58. The summed E-state index contributed by atoms with van der Waals surface area (Å²) in [6.07, 6.45) is -4.44. The molecule has 0 amide bonds. The van der Waals surface area contributed by atoms with Gasteiger partial charge in [0.15, 0.2) is 5.82 Å². The van der Waals surface area contributed by atoms with Crippen molar-refractivity contribution in [2.45, 2.75) is 12.7 Å². The van der Waals surface area contributed by atoms with Gasteiger partial charge in [-0.2, -0.15) is 13.2 Å². The van der Waals surface area contributed by atoms with Crippen molar-refractivity contribution < 1.29 is 17.9 Å². The zero-order chi connectivity index (χ0) is 19.4. The molecule has 0 fully saturated rings. The van der Waals surface area contributed by atoms with Gasteiger partial charge < -0.3 is 10.1 Å². The number of nitrogens with one attached hydrogen (secondary N) is 1. The summed E-state index contributed by atoms with van der Waals surface area (Å²) < 4.78 is 43.9. The molecule has 8 heteroatoms. The lowest BCUT2D eigenvalue weighted by molar-refractivity contribution is -0.137. The number of aromatic nitrogens is 2. The number of methoxy groups -OCH3 is 1. The van der Waals surface area contributed by atoms with Crippen molar-refractivity contribution in [1.82, 2.24) is 9.97 Å². The van der Waals surface area contributed by atoms with Crippen LogP contribution in [-0.4, -0.2) is 17.1 Å². The maximum atomic E-state index is 12.9. The quantitative estimate of drug-likeness (QED) is 0.586. The van der Waals surface area contributed by atoms with Gasteiger partial charge in [-0.1, -0.05) is 35.9 Å². The average Bonchev–Trinajstić information content (AvgIpc) is 2.65. The smallest absolute Gasteiger partial charge is 0.416 e. The second-order valence-electron chi connectivity index (χ2n) is 5.68. The molecule has 0 unspecified atom stereocenters. The molecular weight excluding hydrogens is 379 g/mol. The van der Waals surface area contributed by atoms with Gasteiger partial charge >= 0.3 is 6.18 Å². The lowest BCUT2D eigenvalue weighted by Gasteiger charge is -2.11. The molecule has 140 valence electrons. The van der Waals surface area contributed by atoms with Gasteiger partial charge in [0.1, 0.15) is 16.7 Å². The zero-order valence-electron chi connectivity index (χ0n) is 14.2. The summed E-state index contributed by atoms with van der Waals surface area (Å²) in [5.41, 5.74) is 0.413. The highest BCUT2D eigenvalue weighted by molar-refractivity contribution is 6.29. The summed E-state index contributed by atoms with van der Waals surface area (Å²) in [6, 6.07) is 13.8. The largest absolute Gasteiger partial charge is 0.497 e. The van der Waals surface area contributed by atoms with Crippen LogP contribution in [0, 0.1) is 0 Å². The van der Waals surface area contributed by atoms with Crippen LogP contribution in [0.25, 0.3) is 11.4 Å². The maximum Gasteiger partial charge on any atom is 0.416 e. The summed E-state index contributed by atoms with van der Waals surface area (Å²) in [6.45, 7) is 0.437. The first-order chi connectivity index (χ1) is 12.8. The highest BCUT2D eigenvalue weighted by Crippen LogP contribution is 2.32. The van der Waals surface area contributed by atoms with Gasteiger partial charge in [0.2, 0.25) is 0 Å². The van der Waals surface area contributed by atoms with Crippen LogP contribution in [0.3, 0.4) is 0 Å². The van der Waals surface area contributed by atoms with Gasteiger partial charge in [-0.25, -0.2) is 9.97 Å². The number of halogens is 4. The molecule has 27 heavy (non-hydrogen) atoms. The van der Waals surface area contributed by atoms with Gasteiger partial charge in [-0.3, -0.25) is 0 Å². The maximum absolute atomic E-state index is 12.9. The Labute approximate surface area is 159 Å². The van der Waals surface area contributed by atoms with Gasteiger partial charge in [0.05, 0.1) is 12.7 Å². The van der Waals surface area contributed by atoms with Crippen LogP contribution in [0.1, 0.15) is 11.1 Å². The Morgan fingerprint density at radius 3 is 2.56 bits per heavy atom. The zero-order valence-corrected chi connectivity index (χ0v) is 15.0. The molecule has 0 aliphatic rings. The van der Waals surface area contributed by atoms with E-state index in [1.165, 1.54) is 18.2 Å². The Balaban J connectivity index is 1.84. The molecule has 1 N–H and O–H groups in total. The van der Waals surface area contributed by atoms with Crippen LogP contribution in [0.4, 0.5) is 19.0 Å². The molecule has 0 saturated carbocycles. The molecule has 0 bridgehead atoms. The van der Waals surface area contributed by atoms with E-state index in [1.54, 1.807) is 7.11 Å². The normalized spacial score (nSPS) is 11.3. The minimum Gasteiger partial charge on any atom is -0.497 e. The predicted octanol–water partition coefficient (Wildman–Crippen LogP) is 5.44. The minimum atomic E-state index is -4.44. The number of hydrogen-bond donors (Lipinski definition) is 1. The molecule has 3 rings (SSSR count). The lowest BCUT2D eigenvalue weighted by atomic mass is 10.1. The number of rotatable bonds is 5.